The molecule has 1 saturated carbocycles. The van der Waals surface area contributed by atoms with Crippen molar-refractivity contribution in [1.82, 2.24) is 5.32 Å². The van der Waals surface area contributed by atoms with Crippen LogP contribution in [-0.2, 0) is 0 Å². The Labute approximate surface area is 118 Å². The molecule has 1 aliphatic carbocycles. The molecule has 2 rings (SSSR count). The summed E-state index contributed by atoms with van der Waals surface area (Å²) < 4.78 is 0. The van der Waals surface area contributed by atoms with Gasteiger partial charge in [0.05, 0.1) is 0 Å². The second-order valence-corrected chi connectivity index (χ2v) is 5.69. The molecule has 5 N–H and O–H groups in total. The van der Waals surface area contributed by atoms with Crippen molar-refractivity contribution in [3.05, 3.63) is 23.8 Å². The number of carbonyl (C=O) groups is 1. The first-order valence-corrected chi connectivity index (χ1v) is 7.06. The molecule has 110 valence electrons. The minimum absolute atomic E-state index is 0.00716. The molecule has 0 unspecified atom stereocenters. The van der Waals surface area contributed by atoms with Gasteiger partial charge in [0.1, 0.15) is 11.5 Å². The van der Waals surface area contributed by atoms with E-state index in [1.165, 1.54) is 24.6 Å². The molecule has 0 aliphatic heterocycles. The Morgan fingerprint density at radius 2 is 1.75 bits per heavy atom. The predicted molar refractivity (Wildman–Crippen MR) is 76.7 cm³/mol. The smallest absolute Gasteiger partial charge is 0.251 e. The highest BCUT2D eigenvalue weighted by Gasteiger charge is 2.31. The van der Waals surface area contributed by atoms with Crippen LogP contribution in [0.1, 0.15) is 42.5 Å². The van der Waals surface area contributed by atoms with Crippen molar-refractivity contribution in [2.75, 3.05) is 13.1 Å². The molecule has 1 aliphatic rings. The second kappa shape index (κ2) is 6.13. The molecule has 0 saturated heterocycles. The van der Waals surface area contributed by atoms with Crippen LogP contribution in [0.4, 0.5) is 0 Å². The number of nitrogens with one attached hydrogen (secondary N) is 1. The van der Waals surface area contributed by atoms with Crippen LogP contribution < -0.4 is 11.1 Å². The maximum absolute atomic E-state index is 12.1. The number of phenols is 2. The van der Waals surface area contributed by atoms with Gasteiger partial charge < -0.3 is 21.3 Å². The summed E-state index contributed by atoms with van der Waals surface area (Å²) in [6.45, 7) is 1.11. The number of phenolic OH excluding ortho intramolecular Hbond substituents is 2. The van der Waals surface area contributed by atoms with Crippen LogP contribution in [0.25, 0.3) is 0 Å². The van der Waals surface area contributed by atoms with Gasteiger partial charge in [-0.1, -0.05) is 19.3 Å². The Hall–Kier alpha value is -1.75. The number of aromatic hydroxyl groups is 2. The topological polar surface area (TPSA) is 95.6 Å². The molecular weight excluding hydrogens is 256 g/mol. The molecule has 0 aromatic heterocycles. The van der Waals surface area contributed by atoms with Gasteiger partial charge in [0.25, 0.3) is 5.91 Å². The van der Waals surface area contributed by atoms with Gasteiger partial charge in [0.2, 0.25) is 0 Å². The highest BCUT2D eigenvalue weighted by molar-refractivity contribution is 5.95. The van der Waals surface area contributed by atoms with Gasteiger partial charge in [-0.05, 0) is 36.9 Å². The first-order valence-electron chi connectivity index (χ1n) is 7.06. The molecule has 0 radical (unpaired) electrons. The summed E-state index contributed by atoms with van der Waals surface area (Å²) >= 11 is 0. The first kappa shape index (κ1) is 14.7. The van der Waals surface area contributed by atoms with E-state index in [-0.39, 0.29) is 28.4 Å². The van der Waals surface area contributed by atoms with Gasteiger partial charge in [-0.15, -0.1) is 0 Å². The molecule has 1 fully saturated rings. The van der Waals surface area contributed by atoms with E-state index >= 15 is 0 Å². The number of amides is 1. The third-order valence-corrected chi connectivity index (χ3v) is 4.14. The van der Waals surface area contributed by atoms with Gasteiger partial charge in [0, 0.05) is 18.2 Å². The summed E-state index contributed by atoms with van der Waals surface area (Å²) in [5, 5.41) is 21.7. The van der Waals surface area contributed by atoms with Crippen molar-refractivity contribution in [3.63, 3.8) is 0 Å². The van der Waals surface area contributed by atoms with Crippen molar-refractivity contribution in [2.45, 2.75) is 32.1 Å². The third-order valence-electron chi connectivity index (χ3n) is 4.14. The first-order chi connectivity index (χ1) is 9.54. The second-order valence-electron chi connectivity index (χ2n) is 5.69. The minimum atomic E-state index is -0.297. The van der Waals surface area contributed by atoms with E-state index in [2.05, 4.69) is 5.32 Å². The van der Waals surface area contributed by atoms with E-state index in [4.69, 9.17) is 5.73 Å². The highest BCUT2D eigenvalue weighted by atomic mass is 16.3. The normalized spacial score (nSPS) is 17.6. The number of hydrogen-bond donors (Lipinski definition) is 4. The molecule has 1 aromatic carbocycles. The lowest BCUT2D eigenvalue weighted by Gasteiger charge is -2.36. The summed E-state index contributed by atoms with van der Waals surface area (Å²) in [5.74, 6) is -0.544. The van der Waals surface area contributed by atoms with Crippen LogP contribution >= 0.6 is 0 Å². The van der Waals surface area contributed by atoms with Crippen molar-refractivity contribution < 1.29 is 15.0 Å². The SMILES string of the molecule is NCC1(CNC(=O)c2cc(O)cc(O)c2)CCCCC1. The largest absolute Gasteiger partial charge is 0.508 e. The zero-order valence-corrected chi connectivity index (χ0v) is 11.6. The lowest BCUT2D eigenvalue weighted by atomic mass is 9.74. The Morgan fingerprint density at radius 1 is 1.15 bits per heavy atom. The van der Waals surface area contributed by atoms with Crippen LogP contribution in [0.2, 0.25) is 0 Å². The van der Waals surface area contributed by atoms with Crippen LogP contribution in [0.3, 0.4) is 0 Å². The lowest BCUT2D eigenvalue weighted by molar-refractivity contribution is 0.0913. The van der Waals surface area contributed by atoms with E-state index < -0.39 is 0 Å². The molecule has 0 spiro atoms. The van der Waals surface area contributed by atoms with Crippen LogP contribution in [0.15, 0.2) is 18.2 Å². The maximum atomic E-state index is 12.1. The maximum Gasteiger partial charge on any atom is 0.251 e. The van der Waals surface area contributed by atoms with Crippen LogP contribution in [0.5, 0.6) is 11.5 Å². The van der Waals surface area contributed by atoms with Gasteiger partial charge in [-0.3, -0.25) is 4.79 Å². The van der Waals surface area contributed by atoms with Crippen molar-refractivity contribution in [3.8, 4) is 11.5 Å². The van der Waals surface area contributed by atoms with Crippen molar-refractivity contribution in [1.29, 1.82) is 0 Å². The molecular formula is C15H22N2O3. The lowest BCUT2D eigenvalue weighted by Crippen LogP contribution is -2.43. The summed E-state index contributed by atoms with van der Waals surface area (Å²) in [6, 6.07) is 3.87. The van der Waals surface area contributed by atoms with Crippen LogP contribution in [0, 0.1) is 5.41 Å². The van der Waals surface area contributed by atoms with E-state index in [0.717, 1.165) is 25.7 Å². The Balaban J connectivity index is 2.00. The van der Waals surface area contributed by atoms with E-state index in [1.54, 1.807) is 0 Å². The van der Waals surface area contributed by atoms with Crippen molar-refractivity contribution in [2.24, 2.45) is 11.1 Å². The van der Waals surface area contributed by atoms with Gasteiger partial charge in [-0.2, -0.15) is 0 Å². The van der Waals surface area contributed by atoms with Gasteiger partial charge in [-0.25, -0.2) is 0 Å². The fraction of sp³-hybridized carbons (Fsp3) is 0.533. The molecule has 0 atom stereocenters. The van der Waals surface area contributed by atoms with Crippen molar-refractivity contribution >= 4 is 5.91 Å². The Morgan fingerprint density at radius 3 is 2.30 bits per heavy atom. The quantitative estimate of drug-likeness (QED) is 0.674. The fourth-order valence-electron chi connectivity index (χ4n) is 2.85. The zero-order valence-electron chi connectivity index (χ0n) is 11.6. The molecule has 5 nitrogen and oxygen atoms in total. The molecule has 1 aromatic rings. The summed E-state index contributed by atoms with van der Waals surface area (Å²) in [5.41, 5.74) is 6.13. The predicted octanol–water partition coefficient (Wildman–Crippen LogP) is 1.74. The third kappa shape index (κ3) is 3.42. The number of rotatable bonds is 4. The number of hydrogen-bond acceptors (Lipinski definition) is 4. The summed E-state index contributed by atoms with van der Waals surface area (Å²) in [4.78, 5) is 12.1. The Kier molecular flexibility index (Phi) is 4.49. The van der Waals surface area contributed by atoms with Gasteiger partial charge in [0.15, 0.2) is 0 Å². The van der Waals surface area contributed by atoms with Gasteiger partial charge >= 0.3 is 0 Å². The minimum Gasteiger partial charge on any atom is -0.508 e. The van der Waals surface area contributed by atoms with E-state index in [0.29, 0.717) is 13.1 Å². The summed E-state index contributed by atoms with van der Waals surface area (Å²) in [6.07, 6.45) is 5.61. The standard InChI is InChI=1S/C15H22N2O3/c16-9-15(4-2-1-3-5-15)10-17-14(20)11-6-12(18)8-13(19)7-11/h6-8,18-19H,1-5,9-10,16H2,(H,17,20). The number of nitrogens with two attached hydrogens (primary N) is 1. The number of carbonyl (C=O) groups excluding carboxylic acids is 1. The monoisotopic (exact) mass is 278 g/mol. The highest BCUT2D eigenvalue weighted by Crippen LogP contribution is 2.34. The fourth-order valence-corrected chi connectivity index (χ4v) is 2.85. The van der Waals surface area contributed by atoms with E-state index in [9.17, 15) is 15.0 Å². The Bertz CT molecular complexity index is 462. The average Bonchev–Trinajstić information content (AvgIpc) is 2.45. The molecule has 5 heteroatoms. The molecule has 1 amide bonds. The number of benzene rings is 1. The summed E-state index contributed by atoms with van der Waals surface area (Å²) in [7, 11) is 0. The zero-order chi connectivity index (χ0) is 14.6. The molecule has 20 heavy (non-hydrogen) atoms. The van der Waals surface area contributed by atoms with E-state index in [1.807, 2.05) is 0 Å². The molecule has 0 heterocycles. The average molecular weight is 278 g/mol. The molecule has 0 bridgehead atoms. The van der Waals surface area contributed by atoms with Crippen LogP contribution in [-0.4, -0.2) is 29.2 Å².